The summed E-state index contributed by atoms with van der Waals surface area (Å²) >= 11 is 0. The molecule has 21 heavy (non-hydrogen) atoms. The van der Waals surface area contributed by atoms with Crippen molar-refractivity contribution in [3.05, 3.63) is 41.7 Å². The van der Waals surface area contributed by atoms with Crippen LogP contribution in [0.1, 0.15) is 11.1 Å². The van der Waals surface area contributed by atoms with Crippen LogP contribution in [0.25, 0.3) is 0 Å². The van der Waals surface area contributed by atoms with Crippen molar-refractivity contribution in [1.29, 1.82) is 0 Å². The zero-order valence-electron chi connectivity index (χ0n) is 12.3. The predicted octanol–water partition coefficient (Wildman–Crippen LogP) is 1.49. The first-order valence-electron chi connectivity index (χ1n) is 6.56. The number of hydrogen-bond donors (Lipinski definition) is 1. The molecule has 1 N–H and O–H groups in total. The topological polar surface area (TPSA) is 73.2 Å². The van der Waals surface area contributed by atoms with Crippen LogP contribution in [0, 0.1) is 13.8 Å². The van der Waals surface area contributed by atoms with Crippen LogP contribution in [0.15, 0.2) is 35.5 Å². The molecule has 1 heterocycles. The third kappa shape index (κ3) is 3.62. The first kappa shape index (κ1) is 15.5. The minimum atomic E-state index is -3.61. The number of benzene rings is 1. The Hall–Kier alpha value is -1.86. The highest BCUT2D eigenvalue weighted by atomic mass is 32.2. The smallest absolute Gasteiger partial charge is 0.244 e. The average molecular weight is 309 g/mol. The van der Waals surface area contributed by atoms with E-state index in [9.17, 15) is 8.42 Å². The lowest BCUT2D eigenvalue weighted by Gasteiger charge is -2.13. The summed E-state index contributed by atoms with van der Waals surface area (Å²) in [6.45, 7) is 4.52. The summed E-state index contributed by atoms with van der Waals surface area (Å²) in [4.78, 5) is 0.161. The Morgan fingerprint density at radius 1 is 1.29 bits per heavy atom. The number of aryl methyl sites for hydroxylation is 2. The third-order valence-corrected chi connectivity index (χ3v) is 4.74. The Kier molecular flexibility index (Phi) is 4.64. The Bertz CT molecular complexity index is 709. The SMILES string of the molecule is COc1cc(C)c(C)cc1S(=O)(=O)NCCn1cccn1. The lowest BCUT2D eigenvalue weighted by atomic mass is 10.1. The molecule has 0 aliphatic rings. The number of rotatable bonds is 6. The van der Waals surface area contributed by atoms with Crippen LogP contribution in [0.5, 0.6) is 5.75 Å². The van der Waals surface area contributed by atoms with Crippen molar-refractivity contribution in [2.45, 2.75) is 25.3 Å². The Morgan fingerprint density at radius 2 is 2.00 bits per heavy atom. The molecule has 0 saturated carbocycles. The van der Waals surface area contributed by atoms with Crippen LogP contribution in [0.2, 0.25) is 0 Å². The van der Waals surface area contributed by atoms with Gasteiger partial charge in [0.1, 0.15) is 10.6 Å². The molecule has 0 fully saturated rings. The lowest BCUT2D eigenvalue weighted by Crippen LogP contribution is -2.28. The third-order valence-electron chi connectivity index (χ3n) is 3.26. The maximum Gasteiger partial charge on any atom is 0.244 e. The van der Waals surface area contributed by atoms with E-state index in [2.05, 4.69) is 9.82 Å². The zero-order valence-corrected chi connectivity index (χ0v) is 13.1. The van der Waals surface area contributed by atoms with Crippen molar-refractivity contribution < 1.29 is 13.2 Å². The van der Waals surface area contributed by atoms with Crippen molar-refractivity contribution in [2.24, 2.45) is 0 Å². The molecule has 2 rings (SSSR count). The van der Waals surface area contributed by atoms with Gasteiger partial charge in [-0.15, -0.1) is 0 Å². The summed E-state index contributed by atoms with van der Waals surface area (Å²) in [6.07, 6.45) is 3.44. The molecule has 0 atom stereocenters. The normalized spacial score (nSPS) is 11.6. The van der Waals surface area contributed by atoms with Crippen molar-refractivity contribution in [2.75, 3.05) is 13.7 Å². The molecule has 7 heteroatoms. The standard InChI is InChI=1S/C14H19N3O3S/c1-11-9-13(20-3)14(10-12(11)2)21(18,19)16-6-8-17-7-4-5-15-17/h4-5,7,9-10,16H,6,8H2,1-3H3. The molecular formula is C14H19N3O3S. The first-order chi connectivity index (χ1) is 9.94. The van der Waals surface area contributed by atoms with Gasteiger partial charge in [-0.25, -0.2) is 13.1 Å². The molecule has 114 valence electrons. The number of nitrogens with one attached hydrogen (secondary N) is 1. The number of nitrogens with zero attached hydrogens (tertiary/aromatic N) is 2. The monoisotopic (exact) mass is 309 g/mol. The Morgan fingerprint density at radius 3 is 2.62 bits per heavy atom. The summed E-state index contributed by atoms with van der Waals surface area (Å²) in [5.41, 5.74) is 1.89. The highest BCUT2D eigenvalue weighted by Gasteiger charge is 2.20. The molecule has 0 bridgehead atoms. The van der Waals surface area contributed by atoms with E-state index in [-0.39, 0.29) is 11.4 Å². The average Bonchev–Trinajstić information content (AvgIpc) is 2.94. The molecule has 0 amide bonds. The van der Waals surface area contributed by atoms with Gasteiger partial charge in [0, 0.05) is 18.9 Å². The summed E-state index contributed by atoms with van der Waals surface area (Å²) in [6, 6.07) is 5.16. The Balaban J connectivity index is 2.17. The van der Waals surface area contributed by atoms with Crippen LogP contribution in [0.4, 0.5) is 0 Å². The van der Waals surface area contributed by atoms with Crippen molar-refractivity contribution in [1.82, 2.24) is 14.5 Å². The molecule has 0 aliphatic heterocycles. The molecule has 0 unspecified atom stereocenters. The number of aromatic nitrogens is 2. The molecule has 6 nitrogen and oxygen atoms in total. The lowest BCUT2D eigenvalue weighted by molar-refractivity contribution is 0.401. The van der Waals surface area contributed by atoms with Gasteiger partial charge in [-0.3, -0.25) is 4.68 Å². The molecule has 0 spiro atoms. The maximum absolute atomic E-state index is 12.4. The fraction of sp³-hybridized carbons (Fsp3) is 0.357. The molecule has 2 aromatic rings. The quantitative estimate of drug-likeness (QED) is 0.877. The molecule has 0 aliphatic carbocycles. The van der Waals surface area contributed by atoms with Crippen molar-refractivity contribution in [3.63, 3.8) is 0 Å². The van der Waals surface area contributed by atoms with Gasteiger partial charge in [0.15, 0.2) is 0 Å². The largest absolute Gasteiger partial charge is 0.495 e. The summed E-state index contributed by atoms with van der Waals surface area (Å²) in [5.74, 6) is 0.352. The van der Waals surface area contributed by atoms with Gasteiger partial charge in [0.05, 0.1) is 13.7 Å². The number of methoxy groups -OCH3 is 1. The second-order valence-electron chi connectivity index (χ2n) is 4.75. The van der Waals surface area contributed by atoms with Gasteiger partial charge >= 0.3 is 0 Å². The zero-order chi connectivity index (χ0) is 15.5. The van der Waals surface area contributed by atoms with Gasteiger partial charge < -0.3 is 4.74 Å². The predicted molar refractivity (Wildman–Crippen MR) is 79.9 cm³/mol. The number of hydrogen-bond acceptors (Lipinski definition) is 4. The fourth-order valence-corrected chi connectivity index (χ4v) is 3.19. The Labute approximate surface area is 124 Å². The van der Waals surface area contributed by atoms with E-state index in [0.717, 1.165) is 11.1 Å². The van der Waals surface area contributed by atoms with Crippen LogP contribution in [0.3, 0.4) is 0 Å². The summed E-state index contributed by atoms with van der Waals surface area (Å²) in [7, 11) is -2.15. The minimum Gasteiger partial charge on any atom is -0.495 e. The van der Waals surface area contributed by atoms with Crippen molar-refractivity contribution in [3.8, 4) is 5.75 Å². The van der Waals surface area contributed by atoms with Gasteiger partial charge in [-0.2, -0.15) is 5.10 Å². The van der Waals surface area contributed by atoms with Gasteiger partial charge in [-0.1, -0.05) is 0 Å². The molecular weight excluding hydrogens is 290 g/mol. The second kappa shape index (κ2) is 6.28. The van der Waals surface area contributed by atoms with E-state index < -0.39 is 10.0 Å². The summed E-state index contributed by atoms with van der Waals surface area (Å²) < 4.78 is 34.2. The van der Waals surface area contributed by atoms with E-state index in [1.165, 1.54) is 7.11 Å². The number of ether oxygens (including phenoxy) is 1. The summed E-state index contributed by atoms with van der Waals surface area (Å²) in [5, 5.41) is 4.03. The van der Waals surface area contributed by atoms with Crippen LogP contribution in [-0.2, 0) is 16.6 Å². The van der Waals surface area contributed by atoms with E-state index in [1.54, 1.807) is 35.3 Å². The van der Waals surface area contributed by atoms with Gasteiger partial charge in [0.25, 0.3) is 0 Å². The van der Waals surface area contributed by atoms with E-state index in [0.29, 0.717) is 12.3 Å². The minimum absolute atomic E-state index is 0.161. The van der Waals surface area contributed by atoms with E-state index >= 15 is 0 Å². The second-order valence-corrected chi connectivity index (χ2v) is 6.49. The van der Waals surface area contributed by atoms with Crippen LogP contribution >= 0.6 is 0 Å². The fourth-order valence-electron chi connectivity index (χ4n) is 1.94. The van der Waals surface area contributed by atoms with Crippen LogP contribution < -0.4 is 9.46 Å². The molecule has 0 saturated heterocycles. The van der Waals surface area contributed by atoms with Gasteiger partial charge in [-0.05, 0) is 43.2 Å². The van der Waals surface area contributed by atoms with Gasteiger partial charge in [0.2, 0.25) is 10.0 Å². The highest BCUT2D eigenvalue weighted by Crippen LogP contribution is 2.27. The van der Waals surface area contributed by atoms with Crippen molar-refractivity contribution >= 4 is 10.0 Å². The van der Waals surface area contributed by atoms with Crippen LogP contribution in [-0.4, -0.2) is 31.9 Å². The highest BCUT2D eigenvalue weighted by molar-refractivity contribution is 7.89. The van der Waals surface area contributed by atoms with E-state index in [1.807, 2.05) is 13.8 Å². The molecule has 1 aromatic heterocycles. The molecule has 1 aromatic carbocycles. The first-order valence-corrected chi connectivity index (χ1v) is 8.04. The number of sulfonamides is 1. The maximum atomic E-state index is 12.4. The molecule has 0 radical (unpaired) electrons. The van der Waals surface area contributed by atoms with E-state index in [4.69, 9.17) is 4.74 Å².